The molecule has 1 saturated heterocycles. The van der Waals surface area contributed by atoms with Crippen molar-refractivity contribution >= 4 is 44.9 Å². The van der Waals surface area contributed by atoms with Crippen molar-refractivity contribution < 1.29 is 9.31 Å². The minimum Gasteiger partial charge on any atom is -0.402 e. The van der Waals surface area contributed by atoms with Crippen LogP contribution in [0.25, 0.3) is 54.6 Å². The Morgan fingerprint density at radius 3 is 1.51 bits per heavy atom. The van der Waals surface area contributed by atoms with Gasteiger partial charge >= 0.3 is 7.12 Å². The predicted molar refractivity (Wildman–Crippen MR) is 156 cm³/mol. The first-order chi connectivity index (χ1) is 18.2. The molecular formula is C34H27BO2. The minimum absolute atomic E-state index is 0.0640. The van der Waals surface area contributed by atoms with Crippen LogP contribution in [0, 0.1) is 0 Å². The molecule has 1 aliphatic heterocycles. The molecule has 1 aliphatic rings. The van der Waals surface area contributed by atoms with Crippen molar-refractivity contribution in [2.75, 3.05) is 0 Å². The summed E-state index contributed by atoms with van der Waals surface area (Å²) in [5.74, 6) is 0. The van der Waals surface area contributed by atoms with Gasteiger partial charge in [0.1, 0.15) is 0 Å². The zero-order chi connectivity index (χ0) is 24.9. The second kappa shape index (κ2) is 8.88. The van der Waals surface area contributed by atoms with Crippen LogP contribution in [0.1, 0.15) is 13.8 Å². The molecule has 2 unspecified atom stereocenters. The van der Waals surface area contributed by atoms with Crippen molar-refractivity contribution in [2.24, 2.45) is 0 Å². The van der Waals surface area contributed by atoms with Crippen molar-refractivity contribution in [2.45, 2.75) is 26.1 Å². The molecule has 2 atom stereocenters. The lowest BCUT2D eigenvalue weighted by Gasteiger charge is -2.15. The molecule has 0 aliphatic carbocycles. The van der Waals surface area contributed by atoms with Crippen LogP contribution in [-0.2, 0) is 9.31 Å². The monoisotopic (exact) mass is 478 g/mol. The SMILES string of the molecule is CC1OB(c2cc(-c3ccccc3)cc(-c3ccc4c5ccccc5c5ccccc5c4c3)c2)OC1C. The lowest BCUT2D eigenvalue weighted by atomic mass is 9.76. The Morgan fingerprint density at radius 2 is 0.919 bits per heavy atom. The van der Waals surface area contributed by atoms with Gasteiger partial charge in [-0.3, -0.25) is 0 Å². The van der Waals surface area contributed by atoms with Gasteiger partial charge in [-0.1, -0.05) is 103 Å². The van der Waals surface area contributed by atoms with E-state index in [1.807, 2.05) is 0 Å². The number of hydrogen-bond acceptors (Lipinski definition) is 2. The Morgan fingerprint density at radius 1 is 0.432 bits per heavy atom. The molecule has 0 N–H and O–H groups in total. The average Bonchev–Trinajstić information content (AvgIpc) is 3.31. The first kappa shape index (κ1) is 22.3. The standard InChI is InChI=1S/C34H27BO2/c1-22-23(2)37-35(36-22)28-19-26(24-10-4-3-5-11-24)18-27(20-28)25-16-17-33-31-14-7-6-12-29(31)30-13-8-9-15-32(30)34(33)21-25/h3-23H,1-2H3. The van der Waals surface area contributed by atoms with Crippen LogP contribution >= 0.6 is 0 Å². The van der Waals surface area contributed by atoms with E-state index in [-0.39, 0.29) is 19.3 Å². The molecule has 0 bridgehead atoms. The van der Waals surface area contributed by atoms with E-state index < -0.39 is 0 Å². The number of benzene rings is 6. The topological polar surface area (TPSA) is 18.5 Å². The van der Waals surface area contributed by atoms with Crippen LogP contribution < -0.4 is 5.46 Å². The molecule has 0 radical (unpaired) electrons. The van der Waals surface area contributed by atoms with Gasteiger partial charge in [0.2, 0.25) is 0 Å². The fourth-order valence-electron chi connectivity index (χ4n) is 5.64. The predicted octanol–water partition coefficient (Wildman–Crippen LogP) is 8.00. The lowest BCUT2D eigenvalue weighted by Crippen LogP contribution is -2.32. The van der Waals surface area contributed by atoms with Crippen LogP contribution in [-0.4, -0.2) is 19.3 Å². The molecule has 3 heteroatoms. The molecule has 1 heterocycles. The Labute approximate surface area is 217 Å². The lowest BCUT2D eigenvalue weighted by molar-refractivity contribution is 0.187. The van der Waals surface area contributed by atoms with Crippen molar-refractivity contribution in [3.63, 3.8) is 0 Å². The van der Waals surface area contributed by atoms with Gasteiger partial charge in [-0.25, -0.2) is 0 Å². The maximum absolute atomic E-state index is 6.20. The largest absolute Gasteiger partial charge is 0.494 e. The second-order valence-electron chi connectivity index (χ2n) is 10.1. The first-order valence-corrected chi connectivity index (χ1v) is 13.0. The van der Waals surface area contributed by atoms with E-state index in [1.54, 1.807) is 0 Å². The Kier molecular flexibility index (Phi) is 5.35. The van der Waals surface area contributed by atoms with E-state index in [0.717, 1.165) is 16.6 Å². The molecule has 0 saturated carbocycles. The highest BCUT2D eigenvalue weighted by Gasteiger charge is 2.36. The van der Waals surface area contributed by atoms with Gasteiger partial charge in [0.05, 0.1) is 12.2 Å². The Hall–Kier alpha value is -3.92. The van der Waals surface area contributed by atoms with E-state index in [4.69, 9.17) is 9.31 Å². The van der Waals surface area contributed by atoms with E-state index in [1.165, 1.54) is 43.4 Å². The quantitative estimate of drug-likeness (QED) is 0.190. The van der Waals surface area contributed by atoms with E-state index in [9.17, 15) is 0 Å². The van der Waals surface area contributed by atoms with E-state index in [0.29, 0.717) is 0 Å². The maximum atomic E-state index is 6.20. The van der Waals surface area contributed by atoms with Crippen molar-refractivity contribution in [3.8, 4) is 22.3 Å². The minimum atomic E-state index is -0.363. The van der Waals surface area contributed by atoms with Crippen molar-refractivity contribution in [1.82, 2.24) is 0 Å². The summed E-state index contributed by atoms with van der Waals surface area (Å²) in [5, 5.41) is 7.71. The summed E-state index contributed by atoms with van der Waals surface area (Å²) in [5.41, 5.74) is 5.75. The van der Waals surface area contributed by atoms with Crippen LogP contribution in [0.3, 0.4) is 0 Å². The third kappa shape index (κ3) is 3.83. The smallest absolute Gasteiger partial charge is 0.402 e. The molecule has 0 aromatic heterocycles. The molecule has 2 nitrogen and oxygen atoms in total. The third-order valence-electron chi connectivity index (χ3n) is 7.75. The molecule has 0 spiro atoms. The summed E-state index contributed by atoms with van der Waals surface area (Å²) >= 11 is 0. The average molecular weight is 478 g/mol. The highest BCUT2D eigenvalue weighted by Crippen LogP contribution is 2.37. The van der Waals surface area contributed by atoms with Crippen molar-refractivity contribution in [3.05, 3.63) is 115 Å². The molecular weight excluding hydrogens is 451 g/mol. The van der Waals surface area contributed by atoms with E-state index >= 15 is 0 Å². The highest BCUT2D eigenvalue weighted by atomic mass is 16.7. The summed E-state index contributed by atoms with van der Waals surface area (Å²) in [6.07, 6.45) is 0.128. The van der Waals surface area contributed by atoms with Gasteiger partial charge in [-0.15, -0.1) is 0 Å². The van der Waals surface area contributed by atoms with Gasteiger partial charge < -0.3 is 9.31 Å². The summed E-state index contributed by atoms with van der Waals surface area (Å²) in [7, 11) is -0.363. The molecule has 1 fully saturated rings. The van der Waals surface area contributed by atoms with Gasteiger partial charge in [-0.2, -0.15) is 0 Å². The van der Waals surface area contributed by atoms with Crippen LogP contribution in [0.5, 0.6) is 0 Å². The zero-order valence-electron chi connectivity index (χ0n) is 21.0. The van der Waals surface area contributed by atoms with Gasteiger partial charge in [0.15, 0.2) is 0 Å². The summed E-state index contributed by atoms with van der Waals surface area (Å²) in [4.78, 5) is 0. The molecule has 6 aromatic carbocycles. The number of hydrogen-bond donors (Lipinski definition) is 0. The third-order valence-corrected chi connectivity index (χ3v) is 7.75. The van der Waals surface area contributed by atoms with Gasteiger partial charge in [0.25, 0.3) is 0 Å². The molecule has 0 amide bonds. The van der Waals surface area contributed by atoms with Crippen LogP contribution in [0.2, 0.25) is 0 Å². The zero-order valence-corrected chi connectivity index (χ0v) is 21.0. The van der Waals surface area contributed by atoms with Crippen LogP contribution in [0.15, 0.2) is 115 Å². The highest BCUT2D eigenvalue weighted by molar-refractivity contribution is 6.62. The number of fused-ring (bicyclic) bond motifs is 6. The summed E-state index contributed by atoms with van der Waals surface area (Å²) in [6.45, 7) is 4.15. The maximum Gasteiger partial charge on any atom is 0.494 e. The molecule has 7 rings (SSSR count). The molecule has 178 valence electrons. The van der Waals surface area contributed by atoms with Crippen LogP contribution in [0.4, 0.5) is 0 Å². The van der Waals surface area contributed by atoms with Gasteiger partial charge in [0, 0.05) is 0 Å². The van der Waals surface area contributed by atoms with E-state index in [2.05, 4.69) is 129 Å². The molecule has 37 heavy (non-hydrogen) atoms. The summed E-state index contributed by atoms with van der Waals surface area (Å²) in [6, 6.07) is 41.6. The Balaban J connectivity index is 1.46. The Bertz CT molecular complexity index is 1730. The fourth-order valence-corrected chi connectivity index (χ4v) is 5.64. The van der Waals surface area contributed by atoms with Gasteiger partial charge in [-0.05, 0) is 86.0 Å². The molecule has 6 aromatic rings. The first-order valence-electron chi connectivity index (χ1n) is 13.0. The fraction of sp³-hybridized carbons (Fsp3) is 0.118. The normalized spacial score (nSPS) is 17.7. The number of rotatable bonds is 3. The van der Waals surface area contributed by atoms with Crippen molar-refractivity contribution in [1.29, 1.82) is 0 Å². The second-order valence-corrected chi connectivity index (χ2v) is 10.1. The summed E-state index contributed by atoms with van der Waals surface area (Å²) < 4.78 is 12.4.